The second-order valence-corrected chi connectivity index (χ2v) is 10.5. The van der Waals surface area contributed by atoms with Gasteiger partial charge >= 0.3 is 29.9 Å². The minimum absolute atomic E-state index is 0. The van der Waals surface area contributed by atoms with E-state index in [4.69, 9.17) is 0 Å². The maximum Gasteiger partial charge on any atom is -0.0279 e. The molecular weight excluding hydrogens is 734 g/mol. The van der Waals surface area contributed by atoms with Crippen LogP contribution < -0.4 is 24.8 Å². The normalized spacial score (nSPS) is 13.1. The summed E-state index contributed by atoms with van der Waals surface area (Å²) in [4.78, 5) is 0. The molecule has 42 heavy (non-hydrogen) atoms. The standard InChI is InChI=1S/2C18H15.2CH3.2ClH.Hf.Si/c2*1-2-5-14(6-3-1)17-8-4-7-15-11-16(12-18(15)17)13-9-10-13;;;;;;/h2*1-8,11-13H,9-10H2;2*1H3;2*1H;;/q4*-1;;;+2;/p-2. The minimum atomic E-state index is 0. The van der Waals surface area contributed by atoms with Gasteiger partial charge in [-0.1, -0.05) is 83.9 Å². The quantitative estimate of drug-likeness (QED) is 0.180. The molecule has 0 saturated heterocycles. The third-order valence-corrected chi connectivity index (χ3v) is 7.81. The molecule has 2 fully saturated rings. The summed E-state index contributed by atoms with van der Waals surface area (Å²) >= 11 is 1.11. The maximum atomic E-state index is 3.11. The summed E-state index contributed by atoms with van der Waals surface area (Å²) in [5.41, 5.74) is 8.42. The van der Waals surface area contributed by atoms with Crippen LogP contribution in [0.3, 0.4) is 0 Å². The minimum Gasteiger partial charge on any atom is -0.164 e. The third kappa shape index (κ3) is 8.02. The predicted octanol–water partition coefficient (Wildman–Crippen LogP) is 4.73. The fraction of sp³-hybridized carbons (Fsp3) is 0.158. The van der Waals surface area contributed by atoms with Gasteiger partial charge in [-0.2, -0.15) is 12.1 Å². The molecule has 0 nitrogen and oxygen atoms in total. The molecule has 0 heterocycles. The molecule has 0 spiro atoms. The smallest absolute Gasteiger partial charge is 0.0279 e. The molecule has 2 aliphatic carbocycles. The summed E-state index contributed by atoms with van der Waals surface area (Å²) in [6, 6.07) is 44.2. The molecule has 2 saturated carbocycles. The van der Waals surface area contributed by atoms with E-state index in [0.717, 1.165) is 34.8 Å². The first-order valence-electron chi connectivity index (χ1n) is 13.6. The first kappa shape index (κ1) is 36.0. The van der Waals surface area contributed by atoms with Crippen molar-refractivity contribution in [3.05, 3.63) is 147 Å². The summed E-state index contributed by atoms with van der Waals surface area (Å²) in [5, 5.41) is 5.59. The van der Waals surface area contributed by atoms with Gasteiger partial charge in [0.05, 0.1) is 0 Å². The Labute approximate surface area is 281 Å². The zero-order valence-corrected chi connectivity index (χ0v) is 30.4. The van der Waals surface area contributed by atoms with Gasteiger partial charge in [0, 0.05) is 0 Å². The number of halogens is 2. The van der Waals surface area contributed by atoms with Crippen molar-refractivity contribution in [2.45, 2.75) is 37.5 Å². The van der Waals surface area contributed by atoms with Gasteiger partial charge in [0.2, 0.25) is 0 Å². The zero-order chi connectivity index (χ0) is 25.9. The number of hydrogen-bond donors (Lipinski definition) is 0. The summed E-state index contributed by atoms with van der Waals surface area (Å²) < 4.78 is 0. The molecule has 0 unspecified atom stereocenters. The van der Waals surface area contributed by atoms with Crippen LogP contribution in [0.15, 0.2) is 121 Å². The second-order valence-electron chi connectivity index (χ2n) is 10.5. The first-order chi connectivity index (χ1) is 18.8. The van der Waals surface area contributed by atoms with Crippen molar-refractivity contribution < 1.29 is 47.8 Å². The Morgan fingerprint density at radius 1 is 0.500 bits per heavy atom. The molecule has 4 heteroatoms. The number of hydrogen-bond acceptors (Lipinski definition) is 0. The van der Waals surface area contributed by atoms with Gasteiger partial charge in [0.25, 0.3) is 0 Å². The number of rotatable bonds is 4. The van der Waals surface area contributed by atoms with E-state index < -0.39 is 0 Å². The van der Waals surface area contributed by atoms with Crippen LogP contribution >= 0.6 is 0 Å². The monoisotopic (exact) mass is 770 g/mol. The average Bonchev–Trinajstić information content (AvgIpc) is 3.93. The molecule has 6 aromatic rings. The van der Waals surface area contributed by atoms with E-state index in [0.29, 0.717) is 0 Å². The largest absolute Gasteiger partial charge is 0.164 e. The molecule has 0 atom stereocenters. The van der Waals surface area contributed by atoms with Gasteiger partial charge in [-0.05, 0) is 48.6 Å². The summed E-state index contributed by atoms with van der Waals surface area (Å²) in [5.74, 6) is 1.67. The van der Waals surface area contributed by atoms with E-state index in [2.05, 4.69) is 128 Å². The van der Waals surface area contributed by atoms with Gasteiger partial charge < -0.3 is 39.7 Å². The van der Waals surface area contributed by atoms with Gasteiger partial charge in [-0.3, -0.25) is 0 Å². The number of fused-ring (bicyclic) bond motifs is 2. The van der Waals surface area contributed by atoms with Crippen LogP contribution in [0.2, 0.25) is 0 Å². The first-order valence-corrected chi connectivity index (χ1v) is 19.5. The third-order valence-electron chi connectivity index (χ3n) is 7.81. The summed E-state index contributed by atoms with van der Waals surface area (Å²) in [6.45, 7) is 3.11. The van der Waals surface area contributed by atoms with E-state index in [1.165, 1.54) is 80.6 Å². The fourth-order valence-electron chi connectivity index (χ4n) is 5.56. The molecule has 0 bridgehead atoms. The summed E-state index contributed by atoms with van der Waals surface area (Å²) in [6.07, 6.45) is 5.49. The van der Waals surface area contributed by atoms with Crippen LogP contribution in [0, 0.1) is 14.9 Å². The molecule has 6 aromatic carbocycles. The molecule has 0 aromatic heterocycles. The molecule has 0 aliphatic heterocycles. The Kier molecular flexibility index (Phi) is 14.2. The molecule has 0 amide bonds. The molecule has 2 aliphatic rings. The van der Waals surface area contributed by atoms with Crippen LogP contribution in [0.4, 0.5) is 0 Å². The Morgan fingerprint density at radius 3 is 1.19 bits per heavy atom. The maximum absolute atomic E-state index is 3.11. The van der Waals surface area contributed by atoms with Crippen LogP contribution in [0.1, 0.15) is 48.6 Å². The van der Waals surface area contributed by atoms with Crippen molar-refractivity contribution in [1.82, 2.24) is 0 Å². The number of benzene rings is 4. The van der Waals surface area contributed by atoms with Gasteiger partial charge in [0.1, 0.15) is 0 Å². The van der Waals surface area contributed by atoms with Crippen LogP contribution in [-0.2, 0) is 23.0 Å². The van der Waals surface area contributed by atoms with Crippen LogP contribution in [0.5, 0.6) is 0 Å². The topological polar surface area (TPSA) is 0 Å². The zero-order valence-electron chi connectivity index (χ0n) is 24.3. The van der Waals surface area contributed by atoms with Crippen LogP contribution in [-0.4, -0.2) is 6.94 Å². The Morgan fingerprint density at radius 2 is 0.857 bits per heavy atom. The van der Waals surface area contributed by atoms with Crippen LogP contribution in [0.25, 0.3) is 43.8 Å². The van der Waals surface area contributed by atoms with Gasteiger partial charge in [-0.25, -0.2) is 0 Å². The van der Waals surface area contributed by atoms with E-state index in [1.54, 1.807) is 0 Å². The van der Waals surface area contributed by atoms with Crippen molar-refractivity contribution in [2.24, 2.45) is 0 Å². The Bertz CT molecular complexity index is 1540. The van der Waals surface area contributed by atoms with Crippen molar-refractivity contribution in [3.8, 4) is 22.3 Å². The molecular formula is C38H36Cl2HfSi-4. The van der Waals surface area contributed by atoms with E-state index >= 15 is 0 Å². The van der Waals surface area contributed by atoms with Crippen molar-refractivity contribution in [2.75, 3.05) is 0 Å². The average molecular weight is 770 g/mol. The SMILES string of the molecule is [CH3-].[CH3-].[Cl-].[Cl-].[Si]=[Hf+2].c1ccc(-c2cccc3[cH-]c(C4CC4)cc23)cc1.c1ccc(-c2cccc3[cH-]c(C4CC4)cc23)cc1. The predicted molar refractivity (Wildman–Crippen MR) is 172 cm³/mol. The summed E-state index contributed by atoms with van der Waals surface area (Å²) in [7, 11) is 0. The molecule has 2 radical (unpaired) electrons. The molecule has 214 valence electrons. The van der Waals surface area contributed by atoms with Crippen molar-refractivity contribution in [3.63, 3.8) is 0 Å². The fourth-order valence-corrected chi connectivity index (χ4v) is 5.56. The molecule has 0 N–H and O–H groups in total. The Hall–Kier alpha value is -2.23. The van der Waals surface area contributed by atoms with Crippen molar-refractivity contribution in [1.29, 1.82) is 0 Å². The van der Waals surface area contributed by atoms with E-state index in [9.17, 15) is 0 Å². The second kappa shape index (κ2) is 16.6. The van der Waals surface area contributed by atoms with Crippen molar-refractivity contribution >= 4 is 28.5 Å². The van der Waals surface area contributed by atoms with Gasteiger partial charge in [0.15, 0.2) is 0 Å². The van der Waals surface area contributed by atoms with Gasteiger partial charge in [-0.15, -0.1) is 69.1 Å². The molecule has 8 rings (SSSR count). The Balaban J connectivity index is 0.000000254. The van der Waals surface area contributed by atoms with E-state index in [-0.39, 0.29) is 39.7 Å². The van der Waals surface area contributed by atoms with E-state index in [1.807, 2.05) is 0 Å².